The molecule has 0 radical (unpaired) electrons. The maximum absolute atomic E-state index is 11.3. The van der Waals surface area contributed by atoms with Crippen molar-refractivity contribution in [2.45, 2.75) is 25.8 Å². The molecule has 6 nitrogen and oxygen atoms in total. The van der Waals surface area contributed by atoms with Crippen LogP contribution in [-0.2, 0) is 28.7 Å². The fourth-order valence-electron chi connectivity index (χ4n) is 2.64. The summed E-state index contributed by atoms with van der Waals surface area (Å²) in [6.07, 6.45) is 1.24. The lowest BCUT2D eigenvalue weighted by Gasteiger charge is -2.14. The van der Waals surface area contributed by atoms with Gasteiger partial charge in [0.15, 0.2) is 15.8 Å². The molecule has 146 valence electrons. The summed E-state index contributed by atoms with van der Waals surface area (Å²) in [6, 6.07) is 13.6. The Morgan fingerprint density at radius 3 is 2.26 bits per heavy atom. The van der Waals surface area contributed by atoms with Crippen LogP contribution in [0.25, 0.3) is 0 Å². The third-order valence-corrected chi connectivity index (χ3v) is 4.88. The summed E-state index contributed by atoms with van der Waals surface area (Å²) in [4.78, 5) is 4.23. The predicted octanol–water partition coefficient (Wildman–Crippen LogP) is 2.41. The van der Waals surface area contributed by atoms with E-state index in [0.717, 1.165) is 28.0 Å². The number of nitrogens with zero attached hydrogens (tertiary/aromatic N) is 1. The predicted molar refractivity (Wildman–Crippen MR) is 110 cm³/mol. The minimum Gasteiger partial charge on any atom is -0.496 e. The largest absolute Gasteiger partial charge is 0.496 e. The molecule has 0 unspecified atom stereocenters. The molecule has 2 N–H and O–H groups in total. The lowest BCUT2D eigenvalue weighted by molar-refractivity contribution is 0.408. The minimum atomic E-state index is -3.02. The minimum absolute atomic E-state index is 0.0579. The zero-order valence-electron chi connectivity index (χ0n) is 16.2. The van der Waals surface area contributed by atoms with Crippen molar-refractivity contribution in [1.29, 1.82) is 0 Å². The molecule has 0 saturated carbocycles. The molecule has 0 spiro atoms. The smallest absolute Gasteiger partial charge is 0.191 e. The fraction of sp³-hybridized carbons (Fsp3) is 0.350. The van der Waals surface area contributed by atoms with Crippen LogP contribution in [0.5, 0.6) is 5.75 Å². The Bertz CT molecular complexity index is 891. The quantitative estimate of drug-likeness (QED) is 0.562. The SMILES string of the molecule is CN=C(NCc1ccc(CS(C)(=O)=O)cc1)NCc1ccc(C)cc1OC. The summed E-state index contributed by atoms with van der Waals surface area (Å²) >= 11 is 0. The first-order valence-corrected chi connectivity index (χ1v) is 10.7. The van der Waals surface area contributed by atoms with Crippen molar-refractivity contribution in [1.82, 2.24) is 10.6 Å². The van der Waals surface area contributed by atoms with Gasteiger partial charge in [0.05, 0.1) is 12.9 Å². The number of guanidine groups is 1. The van der Waals surface area contributed by atoms with Gasteiger partial charge in [0, 0.05) is 32.0 Å². The third-order valence-electron chi connectivity index (χ3n) is 4.02. The van der Waals surface area contributed by atoms with Crippen molar-refractivity contribution < 1.29 is 13.2 Å². The molecule has 2 rings (SSSR count). The van der Waals surface area contributed by atoms with E-state index < -0.39 is 9.84 Å². The van der Waals surface area contributed by atoms with E-state index in [2.05, 4.69) is 15.6 Å². The van der Waals surface area contributed by atoms with Gasteiger partial charge in [-0.3, -0.25) is 4.99 Å². The summed E-state index contributed by atoms with van der Waals surface area (Å²) in [7, 11) is 0.368. The van der Waals surface area contributed by atoms with Crippen LogP contribution in [-0.4, -0.2) is 34.8 Å². The van der Waals surface area contributed by atoms with Gasteiger partial charge in [0.2, 0.25) is 0 Å². The monoisotopic (exact) mass is 389 g/mol. The first kappa shape index (κ1) is 20.8. The lowest BCUT2D eigenvalue weighted by atomic mass is 10.1. The molecular weight excluding hydrogens is 362 g/mol. The summed E-state index contributed by atoms with van der Waals surface area (Å²) in [6.45, 7) is 3.21. The maximum Gasteiger partial charge on any atom is 0.191 e. The Morgan fingerprint density at radius 1 is 1.04 bits per heavy atom. The second-order valence-electron chi connectivity index (χ2n) is 6.48. The molecule has 27 heavy (non-hydrogen) atoms. The highest BCUT2D eigenvalue weighted by molar-refractivity contribution is 7.89. The average Bonchev–Trinajstić information content (AvgIpc) is 2.62. The average molecular weight is 390 g/mol. The van der Waals surface area contributed by atoms with Crippen molar-refractivity contribution in [2.75, 3.05) is 20.4 Å². The number of aliphatic imine (C=N–C) groups is 1. The van der Waals surface area contributed by atoms with Gasteiger partial charge in [0.25, 0.3) is 0 Å². The Kier molecular flexibility index (Phi) is 7.24. The van der Waals surface area contributed by atoms with E-state index in [1.807, 2.05) is 49.4 Å². The van der Waals surface area contributed by atoms with Crippen molar-refractivity contribution in [3.05, 3.63) is 64.7 Å². The highest BCUT2D eigenvalue weighted by Crippen LogP contribution is 2.19. The maximum atomic E-state index is 11.3. The Hall–Kier alpha value is -2.54. The molecule has 0 amide bonds. The van der Waals surface area contributed by atoms with Crippen LogP contribution in [0.15, 0.2) is 47.5 Å². The standard InChI is InChI=1S/C20H27N3O3S/c1-15-5-10-18(19(11-15)26-3)13-23-20(21-2)22-12-16-6-8-17(9-7-16)14-27(4,24)25/h5-11H,12-14H2,1-4H3,(H2,21,22,23). The molecule has 0 aromatic heterocycles. The van der Waals surface area contributed by atoms with Gasteiger partial charge in [-0.05, 0) is 29.7 Å². The van der Waals surface area contributed by atoms with Gasteiger partial charge in [0.1, 0.15) is 5.75 Å². The molecule has 0 aliphatic heterocycles. The molecule has 0 fully saturated rings. The number of rotatable bonds is 7. The molecule has 0 atom stereocenters. The van der Waals surface area contributed by atoms with Crippen LogP contribution in [0.2, 0.25) is 0 Å². The van der Waals surface area contributed by atoms with Crippen molar-refractivity contribution in [3.63, 3.8) is 0 Å². The molecule has 0 saturated heterocycles. The normalized spacial score (nSPS) is 11.9. The highest BCUT2D eigenvalue weighted by atomic mass is 32.2. The summed E-state index contributed by atoms with van der Waals surface area (Å²) in [5.74, 6) is 1.58. The first-order chi connectivity index (χ1) is 12.8. The van der Waals surface area contributed by atoms with Crippen LogP contribution in [0.3, 0.4) is 0 Å². The van der Waals surface area contributed by atoms with Crippen molar-refractivity contribution in [2.24, 2.45) is 4.99 Å². The van der Waals surface area contributed by atoms with Gasteiger partial charge >= 0.3 is 0 Å². The number of nitrogens with one attached hydrogen (secondary N) is 2. The molecule has 0 bridgehead atoms. The number of benzene rings is 2. The molecule has 0 aliphatic rings. The van der Waals surface area contributed by atoms with E-state index in [1.54, 1.807) is 14.2 Å². The Labute approximate surface area is 161 Å². The summed E-state index contributed by atoms with van der Waals surface area (Å²) in [5, 5.41) is 6.52. The molecule has 2 aromatic carbocycles. The molecule has 0 heterocycles. The van der Waals surface area contributed by atoms with Gasteiger partial charge in [-0.15, -0.1) is 0 Å². The van der Waals surface area contributed by atoms with Crippen LogP contribution in [0, 0.1) is 6.92 Å². The Morgan fingerprint density at radius 2 is 1.67 bits per heavy atom. The molecule has 2 aromatic rings. The number of hydrogen-bond donors (Lipinski definition) is 2. The van der Waals surface area contributed by atoms with E-state index in [1.165, 1.54) is 6.26 Å². The second-order valence-corrected chi connectivity index (χ2v) is 8.62. The molecule has 0 aliphatic carbocycles. The number of sulfone groups is 1. The highest BCUT2D eigenvalue weighted by Gasteiger charge is 2.06. The van der Waals surface area contributed by atoms with E-state index in [0.29, 0.717) is 19.0 Å². The zero-order chi connectivity index (χ0) is 19.9. The number of methoxy groups -OCH3 is 1. The number of aryl methyl sites for hydroxylation is 1. The first-order valence-electron chi connectivity index (χ1n) is 8.64. The van der Waals surface area contributed by atoms with Gasteiger partial charge in [-0.1, -0.05) is 36.4 Å². The van der Waals surface area contributed by atoms with E-state index >= 15 is 0 Å². The third kappa shape index (κ3) is 6.94. The summed E-state index contributed by atoms with van der Waals surface area (Å²) < 4.78 is 28.1. The van der Waals surface area contributed by atoms with Crippen molar-refractivity contribution in [3.8, 4) is 5.75 Å². The molecular formula is C20H27N3O3S. The molecule has 7 heteroatoms. The second kappa shape index (κ2) is 9.41. The van der Waals surface area contributed by atoms with Gasteiger partial charge in [-0.2, -0.15) is 0 Å². The van der Waals surface area contributed by atoms with Crippen LogP contribution in [0.4, 0.5) is 0 Å². The number of ether oxygens (including phenoxy) is 1. The zero-order valence-corrected chi connectivity index (χ0v) is 17.1. The fourth-order valence-corrected chi connectivity index (χ4v) is 3.44. The van der Waals surface area contributed by atoms with E-state index in [4.69, 9.17) is 4.74 Å². The topological polar surface area (TPSA) is 79.8 Å². The number of hydrogen-bond acceptors (Lipinski definition) is 4. The summed E-state index contributed by atoms with van der Waals surface area (Å²) in [5.41, 5.74) is 4.03. The van der Waals surface area contributed by atoms with Crippen molar-refractivity contribution >= 4 is 15.8 Å². The van der Waals surface area contributed by atoms with Crippen LogP contribution < -0.4 is 15.4 Å². The van der Waals surface area contributed by atoms with E-state index in [9.17, 15) is 8.42 Å². The van der Waals surface area contributed by atoms with Gasteiger partial charge in [-0.25, -0.2) is 8.42 Å². The van der Waals surface area contributed by atoms with Crippen LogP contribution in [0.1, 0.15) is 22.3 Å². The van der Waals surface area contributed by atoms with Gasteiger partial charge < -0.3 is 15.4 Å². The Balaban J connectivity index is 1.90. The van der Waals surface area contributed by atoms with E-state index in [-0.39, 0.29) is 5.75 Å². The lowest BCUT2D eigenvalue weighted by Crippen LogP contribution is -2.36. The van der Waals surface area contributed by atoms with Crippen LogP contribution >= 0.6 is 0 Å².